The smallest absolute Gasteiger partial charge is 0.229 e. The molecule has 13 heteroatoms. The topological polar surface area (TPSA) is 98.7 Å². The maximum atomic E-state index is 13.4. The minimum Gasteiger partial charge on any atom is -0.494 e. The Kier molecular flexibility index (Phi) is 10.5. The summed E-state index contributed by atoms with van der Waals surface area (Å²) in [4.78, 5) is 21.4. The van der Waals surface area contributed by atoms with Gasteiger partial charge in [-0.25, -0.2) is 9.97 Å². The highest BCUT2D eigenvalue weighted by atomic mass is 79.9. The number of piperidine rings is 1. The van der Waals surface area contributed by atoms with E-state index in [1.165, 1.54) is 48.5 Å². The number of anilines is 5. The van der Waals surface area contributed by atoms with E-state index < -0.39 is 7.14 Å². The summed E-state index contributed by atoms with van der Waals surface area (Å²) in [6.07, 6.45) is 4.97. The number of ether oxygens (including phenoxy) is 1. The van der Waals surface area contributed by atoms with Crippen LogP contribution in [0.1, 0.15) is 25.3 Å². The number of methoxy groups -OCH3 is 1. The first-order valence-electron chi connectivity index (χ1n) is 16.2. The van der Waals surface area contributed by atoms with Crippen molar-refractivity contribution in [3.63, 3.8) is 0 Å². The summed E-state index contributed by atoms with van der Waals surface area (Å²) in [5.74, 6) is 1.74. The molecule has 0 radical (unpaired) electrons. The zero-order valence-electron chi connectivity index (χ0n) is 27.8. The second-order valence-electron chi connectivity index (χ2n) is 12.7. The Labute approximate surface area is 290 Å². The fourth-order valence-corrected chi connectivity index (χ4v) is 8.49. The van der Waals surface area contributed by atoms with Crippen molar-refractivity contribution in [2.75, 3.05) is 82.3 Å². The van der Waals surface area contributed by atoms with Crippen LogP contribution in [-0.4, -0.2) is 97.5 Å². The van der Waals surface area contributed by atoms with Crippen molar-refractivity contribution >= 4 is 68.5 Å². The molecular weight excluding hydrogens is 695 g/mol. The molecule has 4 heterocycles. The van der Waals surface area contributed by atoms with Crippen LogP contribution in [0.3, 0.4) is 0 Å². The second kappa shape index (κ2) is 14.6. The van der Waals surface area contributed by atoms with Gasteiger partial charge in [-0.05, 0) is 79.3 Å². The number of rotatable bonds is 10. The van der Waals surface area contributed by atoms with Gasteiger partial charge in [-0.3, -0.25) is 4.90 Å². The molecule has 10 nitrogen and oxygen atoms in total. The molecule has 0 unspecified atom stereocenters. The first-order valence-corrected chi connectivity index (χ1v) is 20.5. The van der Waals surface area contributed by atoms with Crippen LogP contribution in [0.25, 0.3) is 11.3 Å². The molecule has 2 N–H and O–H groups in total. The molecule has 0 bridgehead atoms. The fraction of sp³-hybridized carbons (Fsp3) is 0.441. The molecule has 0 saturated carbocycles. The Balaban J connectivity index is 1.21. The van der Waals surface area contributed by atoms with E-state index in [1.54, 1.807) is 32.1 Å². The van der Waals surface area contributed by atoms with Gasteiger partial charge in [0.1, 0.15) is 18.7 Å². The molecule has 6 rings (SSSR count). The van der Waals surface area contributed by atoms with Crippen molar-refractivity contribution in [2.45, 2.75) is 32.2 Å². The average molecular weight is 740 g/mol. The van der Waals surface area contributed by atoms with Crippen LogP contribution in [-0.2, 0) is 11.0 Å². The average Bonchev–Trinajstić information content (AvgIpc) is 3.61. The van der Waals surface area contributed by atoms with Gasteiger partial charge in [0, 0.05) is 79.5 Å². The molecule has 2 saturated heterocycles. The van der Waals surface area contributed by atoms with Crippen LogP contribution >= 0.6 is 34.4 Å². The molecule has 250 valence electrons. The maximum absolute atomic E-state index is 13.4. The summed E-state index contributed by atoms with van der Waals surface area (Å²) in [5, 5.41) is 9.54. The van der Waals surface area contributed by atoms with Crippen molar-refractivity contribution in [3.8, 4) is 17.0 Å². The van der Waals surface area contributed by atoms with Crippen LogP contribution in [0.5, 0.6) is 5.75 Å². The monoisotopic (exact) mass is 738 g/mol. The summed E-state index contributed by atoms with van der Waals surface area (Å²) >= 11 is 5.14. The minimum absolute atomic E-state index is 0.425. The van der Waals surface area contributed by atoms with E-state index in [0.29, 0.717) is 22.3 Å². The molecule has 47 heavy (non-hydrogen) atoms. The third-order valence-electron chi connectivity index (χ3n) is 9.19. The summed E-state index contributed by atoms with van der Waals surface area (Å²) in [5.41, 5.74) is 7.64. The zero-order chi connectivity index (χ0) is 33.1. The summed E-state index contributed by atoms with van der Waals surface area (Å²) in [6.45, 7) is 12.5. The fourth-order valence-electron chi connectivity index (χ4n) is 6.48. The molecule has 2 aromatic carbocycles. The molecular formula is C34H44BrN8O2PS. The third-order valence-corrected chi connectivity index (χ3v) is 11.9. The number of benzene rings is 2. The van der Waals surface area contributed by atoms with Crippen LogP contribution in [0.2, 0.25) is 0 Å². The quantitative estimate of drug-likeness (QED) is 0.168. The zero-order valence-corrected chi connectivity index (χ0v) is 31.1. The molecule has 0 spiro atoms. The number of nitrogens with one attached hydrogen (secondary N) is 2. The van der Waals surface area contributed by atoms with Gasteiger partial charge < -0.3 is 29.7 Å². The van der Waals surface area contributed by atoms with E-state index in [0.717, 1.165) is 66.3 Å². The van der Waals surface area contributed by atoms with Gasteiger partial charge in [-0.1, -0.05) is 13.0 Å². The third kappa shape index (κ3) is 7.84. The highest BCUT2D eigenvalue weighted by molar-refractivity contribution is 9.10. The van der Waals surface area contributed by atoms with Crippen molar-refractivity contribution in [1.29, 1.82) is 0 Å². The highest BCUT2D eigenvalue weighted by Crippen LogP contribution is 2.41. The Morgan fingerprint density at radius 3 is 2.45 bits per heavy atom. The lowest BCUT2D eigenvalue weighted by Gasteiger charge is -2.43. The lowest BCUT2D eigenvalue weighted by molar-refractivity contribution is 0.0982. The van der Waals surface area contributed by atoms with E-state index in [-0.39, 0.29) is 0 Å². The lowest BCUT2D eigenvalue weighted by Crippen LogP contribution is -2.52. The van der Waals surface area contributed by atoms with Crippen molar-refractivity contribution in [2.24, 2.45) is 0 Å². The molecule has 0 amide bonds. The Morgan fingerprint density at radius 1 is 1.02 bits per heavy atom. The maximum Gasteiger partial charge on any atom is 0.229 e. The standard InChI is InChI=1S/C34H44BrN8O2PS/c1-6-23-17-28(31(45-3)19-30(23)43-11-9-25(10-12-43)42-15-13-41(2)14-16-42)39-34-36-20-26(35)33(40-34)38-27-8-7-24(29-21-47-22-37-29)18-32(27)46(4,5)44/h7-8,17-22,25H,6,9-16H2,1-5H3,(H2,36,38,39,40). The Hall–Kier alpha value is -3.02. The van der Waals surface area contributed by atoms with Crippen LogP contribution < -0.4 is 25.6 Å². The first-order chi connectivity index (χ1) is 22.6. The minimum atomic E-state index is -2.64. The molecule has 2 aromatic heterocycles. The van der Waals surface area contributed by atoms with Gasteiger partial charge >= 0.3 is 0 Å². The summed E-state index contributed by atoms with van der Waals surface area (Å²) < 4.78 is 20.0. The lowest BCUT2D eigenvalue weighted by atomic mass is 9.99. The van der Waals surface area contributed by atoms with Crippen molar-refractivity contribution < 1.29 is 9.30 Å². The second-order valence-corrected chi connectivity index (χ2v) is 17.4. The number of hydrogen-bond donors (Lipinski definition) is 2. The largest absolute Gasteiger partial charge is 0.494 e. The molecule has 2 aliphatic heterocycles. The van der Waals surface area contributed by atoms with Crippen LogP contribution in [0, 0.1) is 0 Å². The van der Waals surface area contributed by atoms with Gasteiger partial charge in [-0.2, -0.15) is 4.98 Å². The molecule has 2 aliphatic rings. The van der Waals surface area contributed by atoms with E-state index in [2.05, 4.69) is 77.3 Å². The number of aryl methyl sites for hydroxylation is 1. The number of piperazine rings is 1. The van der Waals surface area contributed by atoms with E-state index in [1.807, 2.05) is 23.6 Å². The van der Waals surface area contributed by atoms with Gasteiger partial charge in [-0.15, -0.1) is 11.3 Å². The van der Waals surface area contributed by atoms with Crippen molar-refractivity contribution in [3.05, 3.63) is 57.5 Å². The molecule has 0 atom stereocenters. The highest BCUT2D eigenvalue weighted by Gasteiger charge is 2.28. The molecule has 4 aromatic rings. The van der Waals surface area contributed by atoms with Crippen molar-refractivity contribution in [1.82, 2.24) is 24.8 Å². The number of aromatic nitrogens is 3. The molecule has 2 fully saturated rings. The number of halogens is 1. The summed E-state index contributed by atoms with van der Waals surface area (Å²) in [7, 11) is 1.28. The van der Waals surface area contributed by atoms with Gasteiger partial charge in [0.05, 0.1) is 34.2 Å². The normalized spacial score (nSPS) is 16.8. The van der Waals surface area contributed by atoms with Gasteiger partial charge in [0.15, 0.2) is 0 Å². The predicted molar refractivity (Wildman–Crippen MR) is 200 cm³/mol. The van der Waals surface area contributed by atoms with E-state index in [4.69, 9.17) is 9.72 Å². The molecule has 0 aliphatic carbocycles. The number of likely N-dealkylation sites (N-methyl/N-ethyl adjacent to an activating group) is 1. The first kappa shape index (κ1) is 33.9. The predicted octanol–water partition coefficient (Wildman–Crippen LogP) is 6.89. The van der Waals surface area contributed by atoms with E-state index >= 15 is 0 Å². The van der Waals surface area contributed by atoms with Crippen LogP contribution in [0.15, 0.2) is 51.9 Å². The summed E-state index contributed by atoms with van der Waals surface area (Å²) in [6, 6.07) is 10.9. The number of nitrogens with zero attached hydrogens (tertiary/aromatic N) is 6. The van der Waals surface area contributed by atoms with E-state index in [9.17, 15) is 4.57 Å². The number of hydrogen-bond acceptors (Lipinski definition) is 11. The number of thiazole rings is 1. The van der Waals surface area contributed by atoms with Gasteiger partial charge in [0.2, 0.25) is 5.95 Å². The van der Waals surface area contributed by atoms with Crippen LogP contribution in [0.4, 0.5) is 28.8 Å². The SMILES string of the molecule is CCc1cc(Nc2ncc(Br)c(Nc3ccc(-c4cscn4)cc3P(C)(C)=O)n2)c(OC)cc1N1CCC(N2CCN(C)CC2)CC1. The Morgan fingerprint density at radius 2 is 1.79 bits per heavy atom. The van der Waals surface area contributed by atoms with Gasteiger partial charge in [0.25, 0.3) is 0 Å². The Bertz CT molecular complexity index is 1730.